The van der Waals surface area contributed by atoms with Gasteiger partial charge in [-0.2, -0.15) is 0 Å². The van der Waals surface area contributed by atoms with Crippen LogP contribution in [0, 0.1) is 0 Å². The molecule has 3 rings (SSSR count). The minimum atomic E-state index is -1.13. The fourth-order valence-electron chi connectivity index (χ4n) is 2.96. The molecule has 0 fully saturated rings. The molecule has 1 aliphatic rings. The van der Waals surface area contributed by atoms with Gasteiger partial charge in [-0.3, -0.25) is 14.5 Å². The second-order valence-electron chi connectivity index (χ2n) is 6.88. The van der Waals surface area contributed by atoms with Gasteiger partial charge in [0, 0.05) is 0 Å². The van der Waals surface area contributed by atoms with Gasteiger partial charge in [-0.15, -0.1) is 0 Å². The first-order valence-corrected chi connectivity index (χ1v) is 8.99. The number of carbonyl (C=O) groups is 3. The molecule has 29 heavy (non-hydrogen) atoms. The Balaban J connectivity index is 1.60. The normalized spacial score (nSPS) is 14.4. The molecule has 2 aromatic carbocycles. The van der Waals surface area contributed by atoms with Crippen molar-refractivity contribution in [2.75, 3.05) is 30.5 Å². The van der Waals surface area contributed by atoms with Gasteiger partial charge in [0.2, 0.25) is 5.91 Å². The highest BCUT2D eigenvalue weighted by atomic mass is 16.6. The van der Waals surface area contributed by atoms with Crippen molar-refractivity contribution in [3.05, 3.63) is 48.5 Å². The molecule has 1 aliphatic heterocycles. The number of carbonyl (C=O) groups excluding carboxylic acids is 3. The van der Waals surface area contributed by atoms with Gasteiger partial charge in [0.1, 0.15) is 17.0 Å². The van der Waals surface area contributed by atoms with Gasteiger partial charge in [0.15, 0.2) is 13.2 Å². The number of hydrogen-bond acceptors (Lipinski definition) is 6. The van der Waals surface area contributed by atoms with E-state index in [1.165, 1.54) is 4.90 Å². The van der Waals surface area contributed by atoms with E-state index in [0.29, 0.717) is 22.9 Å². The summed E-state index contributed by atoms with van der Waals surface area (Å²) in [5, 5.41) is 2.78. The standard InChI is InChI=1S/C21H22N2O6/c1-21(2)20(26)22-16-6-4-5-7-17(16)23(21)18(24)12-29-19(25)13-28-15-10-8-14(27-3)9-11-15/h4-11H,12-13H2,1-3H3,(H,22,26). The first-order valence-electron chi connectivity index (χ1n) is 8.99. The van der Waals surface area contributed by atoms with Crippen molar-refractivity contribution < 1.29 is 28.6 Å². The highest BCUT2D eigenvalue weighted by Gasteiger charge is 2.43. The van der Waals surface area contributed by atoms with Crippen LogP contribution in [0.5, 0.6) is 11.5 Å². The van der Waals surface area contributed by atoms with E-state index < -0.39 is 24.0 Å². The maximum atomic E-state index is 12.8. The van der Waals surface area contributed by atoms with Crippen LogP contribution in [0.4, 0.5) is 11.4 Å². The fraction of sp³-hybridized carbons (Fsp3) is 0.286. The van der Waals surface area contributed by atoms with E-state index in [1.54, 1.807) is 69.5 Å². The highest BCUT2D eigenvalue weighted by Crippen LogP contribution is 2.36. The first-order chi connectivity index (χ1) is 13.8. The maximum Gasteiger partial charge on any atom is 0.344 e. The molecule has 1 N–H and O–H groups in total. The Morgan fingerprint density at radius 2 is 1.66 bits per heavy atom. The number of ether oxygens (including phenoxy) is 3. The molecule has 0 unspecified atom stereocenters. The quantitative estimate of drug-likeness (QED) is 0.751. The SMILES string of the molecule is COc1ccc(OCC(=O)OCC(=O)N2c3ccccc3NC(=O)C2(C)C)cc1. The van der Waals surface area contributed by atoms with E-state index in [9.17, 15) is 14.4 Å². The van der Waals surface area contributed by atoms with Gasteiger partial charge in [-0.05, 0) is 50.2 Å². The summed E-state index contributed by atoms with van der Waals surface area (Å²) in [5.74, 6) is -0.383. The molecular weight excluding hydrogens is 376 g/mol. The van der Waals surface area contributed by atoms with Gasteiger partial charge >= 0.3 is 5.97 Å². The zero-order valence-corrected chi connectivity index (χ0v) is 16.4. The number of rotatable bonds is 6. The highest BCUT2D eigenvalue weighted by molar-refractivity contribution is 6.14. The molecule has 0 spiro atoms. The topological polar surface area (TPSA) is 94.2 Å². The number of benzene rings is 2. The van der Waals surface area contributed by atoms with E-state index in [4.69, 9.17) is 14.2 Å². The molecule has 0 atom stereocenters. The minimum Gasteiger partial charge on any atom is -0.497 e. The van der Waals surface area contributed by atoms with Crippen molar-refractivity contribution in [3.63, 3.8) is 0 Å². The number of para-hydroxylation sites is 2. The lowest BCUT2D eigenvalue weighted by molar-refractivity contribution is -0.150. The molecule has 0 aliphatic carbocycles. The lowest BCUT2D eigenvalue weighted by atomic mass is 9.96. The third-order valence-corrected chi connectivity index (χ3v) is 4.53. The van der Waals surface area contributed by atoms with Crippen molar-refractivity contribution in [1.82, 2.24) is 0 Å². The molecular formula is C21H22N2O6. The van der Waals surface area contributed by atoms with Gasteiger partial charge in [-0.25, -0.2) is 4.79 Å². The van der Waals surface area contributed by atoms with Crippen LogP contribution in [0.1, 0.15) is 13.8 Å². The Hall–Kier alpha value is -3.55. The Labute approximate surface area is 168 Å². The van der Waals surface area contributed by atoms with Crippen LogP contribution in [0.3, 0.4) is 0 Å². The molecule has 8 heteroatoms. The second kappa shape index (κ2) is 8.22. The summed E-state index contributed by atoms with van der Waals surface area (Å²) in [7, 11) is 1.55. The van der Waals surface area contributed by atoms with Crippen LogP contribution in [0.15, 0.2) is 48.5 Å². The Bertz CT molecular complexity index is 923. The third kappa shape index (κ3) is 4.31. The monoisotopic (exact) mass is 398 g/mol. The number of hydrogen-bond donors (Lipinski definition) is 1. The number of fused-ring (bicyclic) bond motifs is 1. The van der Waals surface area contributed by atoms with E-state index in [2.05, 4.69) is 5.32 Å². The lowest BCUT2D eigenvalue weighted by Crippen LogP contribution is -2.59. The molecule has 8 nitrogen and oxygen atoms in total. The van der Waals surface area contributed by atoms with Crippen molar-refractivity contribution in [3.8, 4) is 11.5 Å². The Morgan fingerprint density at radius 1 is 1.00 bits per heavy atom. The van der Waals surface area contributed by atoms with Crippen LogP contribution in [-0.4, -0.2) is 43.6 Å². The average Bonchev–Trinajstić information content (AvgIpc) is 2.71. The molecule has 2 aromatic rings. The summed E-state index contributed by atoms with van der Waals surface area (Å²) in [6.07, 6.45) is 0. The summed E-state index contributed by atoms with van der Waals surface area (Å²) < 4.78 is 15.4. The van der Waals surface area contributed by atoms with E-state index in [-0.39, 0.29) is 12.5 Å². The van der Waals surface area contributed by atoms with E-state index >= 15 is 0 Å². The zero-order valence-electron chi connectivity index (χ0n) is 16.4. The van der Waals surface area contributed by atoms with Crippen molar-refractivity contribution in [2.24, 2.45) is 0 Å². The average molecular weight is 398 g/mol. The summed E-state index contributed by atoms with van der Waals surface area (Å²) in [6, 6.07) is 13.7. The number of amides is 2. The van der Waals surface area contributed by atoms with Crippen LogP contribution >= 0.6 is 0 Å². The van der Waals surface area contributed by atoms with Crippen molar-refractivity contribution >= 4 is 29.2 Å². The maximum absolute atomic E-state index is 12.8. The number of nitrogens with zero attached hydrogens (tertiary/aromatic N) is 1. The van der Waals surface area contributed by atoms with E-state index in [0.717, 1.165) is 0 Å². The number of nitrogens with one attached hydrogen (secondary N) is 1. The van der Waals surface area contributed by atoms with Gasteiger partial charge in [0.25, 0.3) is 5.91 Å². The molecule has 0 radical (unpaired) electrons. The molecule has 0 saturated carbocycles. The van der Waals surface area contributed by atoms with Crippen LogP contribution in [0.25, 0.3) is 0 Å². The van der Waals surface area contributed by atoms with Gasteiger partial charge in [-0.1, -0.05) is 12.1 Å². The minimum absolute atomic E-state index is 0.321. The molecule has 152 valence electrons. The molecule has 2 amide bonds. The molecule has 1 heterocycles. The van der Waals surface area contributed by atoms with Crippen LogP contribution in [0.2, 0.25) is 0 Å². The third-order valence-electron chi connectivity index (χ3n) is 4.53. The van der Waals surface area contributed by atoms with Crippen LogP contribution < -0.4 is 19.7 Å². The number of methoxy groups -OCH3 is 1. The molecule has 0 saturated heterocycles. The Morgan fingerprint density at radius 3 is 2.34 bits per heavy atom. The fourth-order valence-corrected chi connectivity index (χ4v) is 2.96. The second-order valence-corrected chi connectivity index (χ2v) is 6.88. The van der Waals surface area contributed by atoms with Crippen LogP contribution in [-0.2, 0) is 19.1 Å². The number of anilines is 2. The molecule has 0 bridgehead atoms. The largest absolute Gasteiger partial charge is 0.497 e. The summed E-state index contributed by atoms with van der Waals surface area (Å²) >= 11 is 0. The van der Waals surface area contributed by atoms with Gasteiger partial charge in [0.05, 0.1) is 18.5 Å². The predicted molar refractivity (Wildman–Crippen MR) is 106 cm³/mol. The molecule has 0 aromatic heterocycles. The van der Waals surface area contributed by atoms with E-state index in [1.807, 2.05) is 0 Å². The smallest absolute Gasteiger partial charge is 0.344 e. The van der Waals surface area contributed by atoms with Crippen molar-refractivity contribution in [2.45, 2.75) is 19.4 Å². The predicted octanol–water partition coefficient (Wildman–Crippen LogP) is 2.38. The summed E-state index contributed by atoms with van der Waals surface area (Å²) in [4.78, 5) is 38.5. The van der Waals surface area contributed by atoms with Gasteiger partial charge < -0.3 is 19.5 Å². The zero-order chi connectivity index (χ0) is 21.0. The van der Waals surface area contributed by atoms with Crippen molar-refractivity contribution in [1.29, 1.82) is 0 Å². The summed E-state index contributed by atoms with van der Waals surface area (Å²) in [5.41, 5.74) is -0.0516. The Kier molecular flexibility index (Phi) is 5.72. The lowest BCUT2D eigenvalue weighted by Gasteiger charge is -2.41. The first kappa shape index (κ1) is 20.2. The summed E-state index contributed by atoms with van der Waals surface area (Å²) in [6.45, 7) is 2.41. The number of esters is 1.